The molecule has 1 heterocycles. The van der Waals surface area contributed by atoms with Crippen molar-refractivity contribution in [1.82, 2.24) is 4.98 Å². The van der Waals surface area contributed by atoms with Crippen molar-refractivity contribution in [2.75, 3.05) is 0 Å². The van der Waals surface area contributed by atoms with Crippen molar-refractivity contribution in [3.63, 3.8) is 0 Å². The zero-order valence-electron chi connectivity index (χ0n) is 11.7. The Labute approximate surface area is 124 Å². The second kappa shape index (κ2) is 5.60. The molecule has 0 aliphatic rings. The summed E-state index contributed by atoms with van der Waals surface area (Å²) in [5, 5.41) is 0. The van der Waals surface area contributed by atoms with E-state index in [4.69, 9.17) is 6.57 Å². The van der Waals surface area contributed by atoms with Gasteiger partial charge in [-0.05, 0) is 35.7 Å². The average molecular weight is 270 g/mol. The monoisotopic (exact) mass is 270 g/mol. The standard InChI is InChI=1S/C19H14N2/c1-14-11-12-21-19(16-9-6-10-17(13-16)20-2)18(14)15-7-4-3-5-8-15/h3-13H,1H3. The Bertz CT molecular complexity index is 814. The minimum absolute atomic E-state index is 0.634. The Morgan fingerprint density at radius 2 is 1.67 bits per heavy atom. The molecule has 2 nitrogen and oxygen atoms in total. The summed E-state index contributed by atoms with van der Waals surface area (Å²) in [6.45, 7) is 9.26. The summed E-state index contributed by atoms with van der Waals surface area (Å²) in [7, 11) is 0. The van der Waals surface area contributed by atoms with Gasteiger partial charge in [0.25, 0.3) is 0 Å². The molecule has 3 rings (SSSR count). The molecule has 0 saturated heterocycles. The van der Waals surface area contributed by atoms with Crippen molar-refractivity contribution < 1.29 is 0 Å². The predicted molar refractivity (Wildman–Crippen MR) is 86.1 cm³/mol. The van der Waals surface area contributed by atoms with Crippen molar-refractivity contribution in [3.8, 4) is 22.4 Å². The molecule has 0 bridgehead atoms. The predicted octanol–water partition coefficient (Wildman–Crippen LogP) is 5.27. The van der Waals surface area contributed by atoms with E-state index in [9.17, 15) is 0 Å². The molecular formula is C19H14N2. The van der Waals surface area contributed by atoms with Crippen LogP contribution in [0, 0.1) is 13.5 Å². The molecule has 2 heteroatoms. The van der Waals surface area contributed by atoms with Crippen LogP contribution >= 0.6 is 0 Å². The lowest BCUT2D eigenvalue weighted by atomic mass is 9.95. The second-order valence-electron chi connectivity index (χ2n) is 4.88. The molecule has 3 aromatic rings. The number of hydrogen-bond donors (Lipinski definition) is 0. The molecule has 0 unspecified atom stereocenters. The first-order valence-corrected chi connectivity index (χ1v) is 6.78. The maximum atomic E-state index is 7.17. The van der Waals surface area contributed by atoms with E-state index in [1.54, 1.807) is 0 Å². The minimum Gasteiger partial charge on any atom is -0.256 e. The van der Waals surface area contributed by atoms with Gasteiger partial charge in [0.1, 0.15) is 0 Å². The van der Waals surface area contributed by atoms with Crippen LogP contribution in [0.1, 0.15) is 5.56 Å². The second-order valence-corrected chi connectivity index (χ2v) is 4.88. The molecule has 1 aromatic heterocycles. The molecule has 0 aliphatic carbocycles. The van der Waals surface area contributed by atoms with Crippen molar-refractivity contribution in [1.29, 1.82) is 0 Å². The van der Waals surface area contributed by atoms with E-state index in [1.165, 1.54) is 5.56 Å². The number of nitrogens with zero attached hydrogens (tertiary/aromatic N) is 2. The molecule has 0 N–H and O–H groups in total. The van der Waals surface area contributed by atoms with Gasteiger partial charge in [0.05, 0.1) is 12.3 Å². The third-order valence-corrected chi connectivity index (χ3v) is 3.47. The Balaban J connectivity index is 2.24. The summed E-state index contributed by atoms with van der Waals surface area (Å²) in [6, 6.07) is 19.9. The summed E-state index contributed by atoms with van der Waals surface area (Å²) < 4.78 is 0. The molecule has 0 aliphatic heterocycles. The van der Waals surface area contributed by atoms with Crippen LogP contribution in [0.15, 0.2) is 66.9 Å². The minimum atomic E-state index is 0.634. The van der Waals surface area contributed by atoms with E-state index < -0.39 is 0 Å². The van der Waals surface area contributed by atoms with Gasteiger partial charge in [-0.1, -0.05) is 48.5 Å². The third kappa shape index (κ3) is 2.54. The summed E-state index contributed by atoms with van der Waals surface area (Å²) >= 11 is 0. The highest BCUT2D eigenvalue weighted by Gasteiger charge is 2.11. The van der Waals surface area contributed by atoms with Gasteiger partial charge in [0.15, 0.2) is 5.69 Å². The number of aromatic nitrogens is 1. The Kier molecular flexibility index (Phi) is 3.49. The largest absolute Gasteiger partial charge is 0.256 e. The zero-order chi connectivity index (χ0) is 14.7. The number of aryl methyl sites for hydroxylation is 1. The molecule has 0 atom stereocenters. The smallest absolute Gasteiger partial charge is 0.187 e. The SMILES string of the molecule is [C-]#[N+]c1cccc(-c2nccc(C)c2-c2ccccc2)c1. The lowest BCUT2D eigenvalue weighted by Gasteiger charge is -2.12. The molecular weight excluding hydrogens is 256 g/mol. The third-order valence-electron chi connectivity index (χ3n) is 3.47. The number of rotatable bonds is 2. The van der Waals surface area contributed by atoms with Crippen LogP contribution in [0.3, 0.4) is 0 Å². The molecule has 100 valence electrons. The normalized spacial score (nSPS) is 10.1. The van der Waals surface area contributed by atoms with Crippen LogP contribution < -0.4 is 0 Å². The van der Waals surface area contributed by atoms with Crippen LogP contribution in [-0.2, 0) is 0 Å². The van der Waals surface area contributed by atoms with Gasteiger partial charge >= 0.3 is 0 Å². The van der Waals surface area contributed by atoms with Crippen molar-refractivity contribution in [2.45, 2.75) is 6.92 Å². The topological polar surface area (TPSA) is 17.2 Å². The lowest BCUT2D eigenvalue weighted by Crippen LogP contribution is -1.92. The van der Waals surface area contributed by atoms with Crippen LogP contribution in [0.5, 0.6) is 0 Å². The first-order valence-electron chi connectivity index (χ1n) is 6.78. The van der Waals surface area contributed by atoms with Gasteiger partial charge in [-0.25, -0.2) is 4.85 Å². The fraction of sp³-hybridized carbons (Fsp3) is 0.0526. The molecule has 21 heavy (non-hydrogen) atoms. The number of pyridine rings is 1. The zero-order valence-corrected chi connectivity index (χ0v) is 11.7. The van der Waals surface area contributed by atoms with Crippen molar-refractivity contribution in [2.24, 2.45) is 0 Å². The maximum Gasteiger partial charge on any atom is 0.187 e. The van der Waals surface area contributed by atoms with E-state index in [-0.39, 0.29) is 0 Å². The van der Waals surface area contributed by atoms with E-state index in [1.807, 2.05) is 54.7 Å². The molecule has 2 aromatic carbocycles. The molecule has 0 amide bonds. The van der Waals surface area contributed by atoms with E-state index in [2.05, 4.69) is 28.9 Å². The van der Waals surface area contributed by atoms with Gasteiger partial charge in [-0.3, -0.25) is 4.98 Å². The van der Waals surface area contributed by atoms with Crippen molar-refractivity contribution in [3.05, 3.63) is 83.8 Å². The van der Waals surface area contributed by atoms with Gasteiger partial charge in [0, 0.05) is 11.8 Å². The van der Waals surface area contributed by atoms with Crippen LogP contribution in [-0.4, -0.2) is 4.98 Å². The first kappa shape index (κ1) is 13.1. The fourth-order valence-corrected chi connectivity index (χ4v) is 2.47. The summed E-state index contributed by atoms with van der Waals surface area (Å²) in [6.07, 6.45) is 1.82. The highest BCUT2D eigenvalue weighted by Crippen LogP contribution is 2.34. The van der Waals surface area contributed by atoms with Crippen molar-refractivity contribution >= 4 is 5.69 Å². The van der Waals surface area contributed by atoms with E-state index in [0.29, 0.717) is 5.69 Å². The van der Waals surface area contributed by atoms with Crippen LogP contribution in [0.25, 0.3) is 27.2 Å². The number of hydrogen-bond acceptors (Lipinski definition) is 1. The molecule has 0 radical (unpaired) electrons. The molecule has 0 fully saturated rings. The lowest BCUT2D eigenvalue weighted by molar-refractivity contribution is 1.29. The Hall–Kier alpha value is -2.92. The van der Waals surface area contributed by atoms with Gasteiger partial charge in [-0.15, -0.1) is 0 Å². The van der Waals surface area contributed by atoms with Crippen LogP contribution in [0.2, 0.25) is 0 Å². The highest BCUT2D eigenvalue weighted by atomic mass is 14.7. The van der Waals surface area contributed by atoms with Crippen LogP contribution in [0.4, 0.5) is 5.69 Å². The summed E-state index contributed by atoms with van der Waals surface area (Å²) in [5.74, 6) is 0. The molecule has 0 saturated carbocycles. The molecule has 0 spiro atoms. The van der Waals surface area contributed by atoms with Gasteiger partial charge < -0.3 is 0 Å². The van der Waals surface area contributed by atoms with E-state index in [0.717, 1.165) is 22.4 Å². The first-order chi connectivity index (χ1) is 10.3. The highest BCUT2D eigenvalue weighted by molar-refractivity contribution is 5.83. The fourth-order valence-electron chi connectivity index (χ4n) is 2.47. The Morgan fingerprint density at radius 1 is 0.905 bits per heavy atom. The van der Waals surface area contributed by atoms with Gasteiger partial charge in [0.2, 0.25) is 0 Å². The van der Waals surface area contributed by atoms with E-state index >= 15 is 0 Å². The average Bonchev–Trinajstić information content (AvgIpc) is 2.55. The quantitative estimate of drug-likeness (QED) is 0.579. The Morgan fingerprint density at radius 3 is 2.43 bits per heavy atom. The summed E-state index contributed by atoms with van der Waals surface area (Å²) in [5.41, 5.74) is 5.98. The summed E-state index contributed by atoms with van der Waals surface area (Å²) in [4.78, 5) is 8.06. The van der Waals surface area contributed by atoms with Gasteiger partial charge in [-0.2, -0.15) is 0 Å². The maximum absolute atomic E-state index is 7.17. The number of benzene rings is 2.